The molecule has 2 heterocycles. The normalized spacial score (nSPS) is 12.3. The predicted octanol–water partition coefficient (Wildman–Crippen LogP) is 2.82. The lowest BCUT2D eigenvalue weighted by Gasteiger charge is -2.12. The fourth-order valence-corrected chi connectivity index (χ4v) is 2.23. The van der Waals surface area contributed by atoms with E-state index in [9.17, 15) is 9.59 Å². The van der Waals surface area contributed by atoms with Crippen molar-refractivity contribution in [3.05, 3.63) is 63.4 Å². The number of para-hydroxylation sites is 1. The molecule has 112 valence electrons. The second-order valence-electron chi connectivity index (χ2n) is 4.75. The molecule has 6 nitrogen and oxygen atoms in total. The molecular weight excluding hydrogens is 306 g/mol. The number of rotatable bonds is 3. The fourth-order valence-electron chi connectivity index (χ4n) is 2.06. The number of esters is 1. The van der Waals surface area contributed by atoms with Gasteiger partial charge >= 0.3 is 5.97 Å². The summed E-state index contributed by atoms with van der Waals surface area (Å²) in [6, 6.07) is 8.43. The Morgan fingerprint density at radius 3 is 2.86 bits per heavy atom. The Hall–Kier alpha value is -2.60. The SMILES string of the molecule is CC(OC(=O)c1cc(Cl)c[nH]1)c1nc2ccccc2c(=O)[nH]1. The van der Waals surface area contributed by atoms with Crippen LogP contribution in [0.3, 0.4) is 0 Å². The van der Waals surface area contributed by atoms with Gasteiger partial charge in [-0.25, -0.2) is 9.78 Å². The van der Waals surface area contributed by atoms with Crippen LogP contribution in [0.25, 0.3) is 10.9 Å². The van der Waals surface area contributed by atoms with Crippen LogP contribution in [0.15, 0.2) is 41.3 Å². The second-order valence-corrected chi connectivity index (χ2v) is 5.18. The number of fused-ring (bicyclic) bond motifs is 1. The van der Waals surface area contributed by atoms with E-state index in [1.165, 1.54) is 12.3 Å². The highest BCUT2D eigenvalue weighted by Gasteiger charge is 2.17. The van der Waals surface area contributed by atoms with Crippen molar-refractivity contribution in [2.24, 2.45) is 0 Å². The summed E-state index contributed by atoms with van der Waals surface area (Å²) in [6.07, 6.45) is 0.783. The van der Waals surface area contributed by atoms with Crippen LogP contribution >= 0.6 is 11.6 Å². The van der Waals surface area contributed by atoms with Gasteiger partial charge in [0.1, 0.15) is 5.69 Å². The number of ether oxygens (including phenoxy) is 1. The number of hydrogen-bond acceptors (Lipinski definition) is 4. The maximum absolute atomic E-state index is 12.0. The van der Waals surface area contributed by atoms with Gasteiger partial charge in [-0.3, -0.25) is 4.79 Å². The number of halogens is 1. The maximum Gasteiger partial charge on any atom is 0.355 e. The molecule has 7 heteroatoms. The first-order valence-electron chi connectivity index (χ1n) is 6.58. The third-order valence-corrected chi connectivity index (χ3v) is 3.39. The van der Waals surface area contributed by atoms with E-state index >= 15 is 0 Å². The van der Waals surface area contributed by atoms with E-state index in [1.807, 2.05) is 0 Å². The topological polar surface area (TPSA) is 87.8 Å². The summed E-state index contributed by atoms with van der Waals surface area (Å²) in [5, 5.41) is 0.901. The van der Waals surface area contributed by atoms with Crippen molar-refractivity contribution in [1.29, 1.82) is 0 Å². The minimum atomic E-state index is -0.702. The zero-order valence-corrected chi connectivity index (χ0v) is 12.3. The van der Waals surface area contributed by atoms with Crippen molar-refractivity contribution in [2.75, 3.05) is 0 Å². The molecule has 1 atom stereocenters. The number of hydrogen-bond donors (Lipinski definition) is 2. The molecule has 0 aliphatic heterocycles. The highest BCUT2D eigenvalue weighted by atomic mass is 35.5. The molecule has 3 rings (SSSR count). The lowest BCUT2D eigenvalue weighted by molar-refractivity contribution is 0.0314. The van der Waals surface area contributed by atoms with Crippen molar-refractivity contribution in [2.45, 2.75) is 13.0 Å². The van der Waals surface area contributed by atoms with Crippen LogP contribution in [-0.4, -0.2) is 20.9 Å². The minimum Gasteiger partial charge on any atom is -0.450 e. The lowest BCUT2D eigenvalue weighted by atomic mass is 10.2. The van der Waals surface area contributed by atoms with Crippen LogP contribution < -0.4 is 5.56 Å². The molecule has 0 aliphatic rings. The Bertz CT molecular complexity index is 900. The number of carbonyl (C=O) groups excluding carboxylic acids is 1. The number of nitrogens with zero attached hydrogens (tertiary/aromatic N) is 1. The monoisotopic (exact) mass is 317 g/mol. The van der Waals surface area contributed by atoms with Crippen molar-refractivity contribution in [3.8, 4) is 0 Å². The zero-order chi connectivity index (χ0) is 15.7. The van der Waals surface area contributed by atoms with Crippen LogP contribution in [0.2, 0.25) is 5.02 Å². The predicted molar refractivity (Wildman–Crippen MR) is 82.0 cm³/mol. The molecule has 0 bridgehead atoms. The molecular formula is C15H12ClN3O3. The Morgan fingerprint density at radius 2 is 2.14 bits per heavy atom. The van der Waals surface area contributed by atoms with Crippen LogP contribution in [0.5, 0.6) is 0 Å². The van der Waals surface area contributed by atoms with Gasteiger partial charge in [-0.15, -0.1) is 0 Å². The number of benzene rings is 1. The molecule has 0 aliphatic carbocycles. The molecule has 1 unspecified atom stereocenters. The quantitative estimate of drug-likeness (QED) is 0.727. The van der Waals surface area contributed by atoms with Gasteiger partial charge in [0.2, 0.25) is 0 Å². The van der Waals surface area contributed by atoms with Crippen LogP contribution in [-0.2, 0) is 4.74 Å². The average molecular weight is 318 g/mol. The molecule has 2 aromatic heterocycles. The molecule has 3 aromatic rings. The molecule has 0 spiro atoms. The summed E-state index contributed by atoms with van der Waals surface area (Å²) >= 11 is 5.75. The van der Waals surface area contributed by atoms with Crippen molar-refractivity contribution >= 4 is 28.5 Å². The fraction of sp³-hybridized carbons (Fsp3) is 0.133. The first-order chi connectivity index (χ1) is 10.5. The van der Waals surface area contributed by atoms with Gasteiger partial charge in [0.05, 0.1) is 15.9 Å². The Balaban J connectivity index is 1.87. The molecule has 0 saturated carbocycles. The Labute approximate surface area is 130 Å². The minimum absolute atomic E-state index is 0.236. The standard InChI is InChI=1S/C15H12ClN3O3/c1-8(22-15(21)12-6-9(16)7-17-12)13-18-11-5-3-2-4-10(11)14(20)19-13/h2-8,17H,1H3,(H,18,19,20). The summed E-state index contributed by atoms with van der Waals surface area (Å²) in [6.45, 7) is 1.63. The van der Waals surface area contributed by atoms with Crippen LogP contribution in [0.4, 0.5) is 0 Å². The molecule has 2 N–H and O–H groups in total. The van der Waals surface area contributed by atoms with E-state index in [-0.39, 0.29) is 17.1 Å². The first kappa shape index (κ1) is 14.3. The van der Waals surface area contributed by atoms with E-state index in [0.717, 1.165) is 0 Å². The summed E-state index contributed by atoms with van der Waals surface area (Å²) in [7, 11) is 0. The van der Waals surface area contributed by atoms with E-state index < -0.39 is 12.1 Å². The highest BCUT2D eigenvalue weighted by Crippen LogP contribution is 2.17. The van der Waals surface area contributed by atoms with Gasteiger partial charge in [-0.05, 0) is 25.1 Å². The van der Waals surface area contributed by atoms with Gasteiger partial charge in [-0.1, -0.05) is 23.7 Å². The largest absolute Gasteiger partial charge is 0.450 e. The van der Waals surface area contributed by atoms with Crippen molar-refractivity contribution in [1.82, 2.24) is 15.0 Å². The molecule has 22 heavy (non-hydrogen) atoms. The molecule has 0 fully saturated rings. The van der Waals surface area contributed by atoms with Gasteiger partial charge in [-0.2, -0.15) is 0 Å². The van der Waals surface area contributed by atoms with Crippen LogP contribution in [0, 0.1) is 0 Å². The molecule has 0 amide bonds. The summed E-state index contributed by atoms with van der Waals surface area (Å²) in [5.74, 6) is -0.287. The first-order valence-corrected chi connectivity index (χ1v) is 6.96. The maximum atomic E-state index is 12.0. The van der Waals surface area contributed by atoms with Gasteiger partial charge in [0, 0.05) is 6.20 Å². The smallest absolute Gasteiger partial charge is 0.355 e. The van der Waals surface area contributed by atoms with E-state index in [1.54, 1.807) is 31.2 Å². The number of carbonyl (C=O) groups is 1. The Kier molecular flexibility index (Phi) is 3.68. The second kappa shape index (κ2) is 5.65. The molecule has 0 radical (unpaired) electrons. The number of nitrogens with one attached hydrogen (secondary N) is 2. The van der Waals surface area contributed by atoms with Gasteiger partial charge in [0.25, 0.3) is 5.56 Å². The van der Waals surface area contributed by atoms with E-state index in [2.05, 4.69) is 15.0 Å². The van der Waals surface area contributed by atoms with Crippen molar-refractivity contribution in [3.63, 3.8) is 0 Å². The highest BCUT2D eigenvalue weighted by molar-refractivity contribution is 6.30. The van der Waals surface area contributed by atoms with E-state index in [0.29, 0.717) is 15.9 Å². The lowest BCUT2D eigenvalue weighted by Crippen LogP contribution is -2.17. The summed E-state index contributed by atoms with van der Waals surface area (Å²) < 4.78 is 5.28. The zero-order valence-electron chi connectivity index (χ0n) is 11.6. The third-order valence-electron chi connectivity index (χ3n) is 3.17. The van der Waals surface area contributed by atoms with Gasteiger partial charge < -0.3 is 14.7 Å². The van der Waals surface area contributed by atoms with E-state index in [4.69, 9.17) is 16.3 Å². The molecule has 1 aromatic carbocycles. The average Bonchev–Trinajstić information content (AvgIpc) is 2.94. The van der Waals surface area contributed by atoms with Crippen molar-refractivity contribution < 1.29 is 9.53 Å². The summed E-state index contributed by atoms with van der Waals surface area (Å²) in [5.41, 5.74) is 0.512. The third kappa shape index (κ3) is 2.73. The number of H-pyrrole nitrogens is 2. The number of aromatic amines is 2. The van der Waals surface area contributed by atoms with Crippen LogP contribution in [0.1, 0.15) is 29.3 Å². The number of aromatic nitrogens is 3. The summed E-state index contributed by atoms with van der Waals surface area (Å²) in [4.78, 5) is 33.6. The molecule has 0 saturated heterocycles. The Morgan fingerprint density at radius 1 is 1.36 bits per heavy atom. The van der Waals surface area contributed by atoms with Gasteiger partial charge in [0.15, 0.2) is 11.9 Å².